The molecule has 12 heteroatoms. The third-order valence-electron chi connectivity index (χ3n) is 7.42. The highest BCUT2D eigenvalue weighted by molar-refractivity contribution is 6.04. The number of nitrogens with one attached hydrogen (secondary N) is 1. The number of carbonyl (C=O) groups excluding carboxylic acids is 1. The summed E-state index contributed by atoms with van der Waals surface area (Å²) in [5.74, 6) is 0.0515. The maximum absolute atomic E-state index is 15.2. The number of fused-ring (bicyclic) bond motifs is 1. The summed E-state index contributed by atoms with van der Waals surface area (Å²) in [5.41, 5.74) is 2.12. The van der Waals surface area contributed by atoms with Crippen molar-refractivity contribution in [2.75, 3.05) is 26.1 Å². The van der Waals surface area contributed by atoms with E-state index in [0.29, 0.717) is 46.3 Å². The van der Waals surface area contributed by atoms with E-state index in [0.717, 1.165) is 30.2 Å². The van der Waals surface area contributed by atoms with Crippen LogP contribution in [0.25, 0.3) is 16.6 Å². The van der Waals surface area contributed by atoms with Gasteiger partial charge in [0.05, 0.1) is 50.1 Å². The SMILES string of the molecule is CCOc1cc(C)c(-n2c(C3CC3)ccc(C(=O)Nc3cnc(Oc4ccnc5cc(OC)c(OC)cc45)c(F)c3)c2=O)cn1. The first kappa shape index (κ1) is 29.5. The first-order valence-electron chi connectivity index (χ1n) is 14.3. The van der Waals surface area contributed by atoms with E-state index in [9.17, 15) is 9.59 Å². The Balaban J connectivity index is 1.27. The van der Waals surface area contributed by atoms with Crippen LogP contribution in [0.5, 0.6) is 29.0 Å². The molecule has 45 heavy (non-hydrogen) atoms. The standard InChI is InChI=1S/C33H30FN5O6/c1-5-44-30-12-18(2)26(17-36-30)39-25(19-6-7-19)9-8-21(33(39)41)31(40)38-20-13-23(34)32(37-16-20)45-27-10-11-35-24-15-29(43-4)28(42-3)14-22(24)27/h8-17,19H,5-7H2,1-4H3,(H,38,40). The Hall–Kier alpha value is -5.52. The van der Waals surface area contributed by atoms with Crippen LogP contribution >= 0.6 is 0 Å². The lowest BCUT2D eigenvalue weighted by atomic mass is 10.1. The van der Waals surface area contributed by atoms with Crippen molar-refractivity contribution in [1.82, 2.24) is 19.5 Å². The summed E-state index contributed by atoms with van der Waals surface area (Å²) in [4.78, 5) is 39.8. The molecular formula is C33H30FN5O6. The van der Waals surface area contributed by atoms with Crippen LogP contribution < -0.4 is 29.8 Å². The average molecular weight is 612 g/mol. The van der Waals surface area contributed by atoms with Crippen molar-refractivity contribution in [3.05, 3.63) is 94.0 Å². The summed E-state index contributed by atoms with van der Waals surface area (Å²) in [6, 6.07) is 11.0. The Labute approximate surface area is 257 Å². The number of nitrogens with zero attached hydrogens (tertiary/aromatic N) is 4. The van der Waals surface area contributed by atoms with Gasteiger partial charge in [0.1, 0.15) is 11.3 Å². The fraction of sp³-hybridized carbons (Fsp3) is 0.242. The second-order valence-electron chi connectivity index (χ2n) is 10.4. The molecule has 1 saturated carbocycles. The summed E-state index contributed by atoms with van der Waals surface area (Å²) in [6.45, 7) is 4.18. The molecule has 5 aromatic rings. The highest BCUT2D eigenvalue weighted by atomic mass is 19.1. The van der Waals surface area contributed by atoms with Gasteiger partial charge < -0.3 is 24.3 Å². The van der Waals surface area contributed by atoms with E-state index < -0.39 is 17.3 Å². The predicted molar refractivity (Wildman–Crippen MR) is 165 cm³/mol. The Morgan fingerprint density at radius 1 is 1.00 bits per heavy atom. The van der Waals surface area contributed by atoms with E-state index in [4.69, 9.17) is 18.9 Å². The van der Waals surface area contributed by atoms with E-state index in [1.807, 2.05) is 13.8 Å². The molecule has 0 saturated heterocycles. The fourth-order valence-corrected chi connectivity index (χ4v) is 5.06. The molecule has 0 aliphatic heterocycles. The molecule has 0 bridgehead atoms. The van der Waals surface area contributed by atoms with Crippen LogP contribution in [0.1, 0.15) is 47.3 Å². The van der Waals surface area contributed by atoms with Crippen molar-refractivity contribution in [3.63, 3.8) is 0 Å². The maximum atomic E-state index is 15.2. The average Bonchev–Trinajstić information content (AvgIpc) is 3.88. The van der Waals surface area contributed by atoms with Crippen LogP contribution in [0.15, 0.2) is 65.8 Å². The van der Waals surface area contributed by atoms with Gasteiger partial charge in [0, 0.05) is 35.5 Å². The van der Waals surface area contributed by atoms with Gasteiger partial charge in [-0.25, -0.2) is 14.4 Å². The molecule has 0 unspecified atom stereocenters. The normalized spacial score (nSPS) is 12.6. The number of amides is 1. The summed E-state index contributed by atoms with van der Waals surface area (Å²) in [7, 11) is 3.02. The number of aromatic nitrogens is 4. The number of rotatable bonds is 10. The molecule has 230 valence electrons. The lowest BCUT2D eigenvalue weighted by molar-refractivity contribution is 0.102. The third-order valence-corrected chi connectivity index (χ3v) is 7.42. The Morgan fingerprint density at radius 3 is 2.47 bits per heavy atom. The smallest absolute Gasteiger partial charge is 0.268 e. The van der Waals surface area contributed by atoms with Crippen molar-refractivity contribution in [3.8, 4) is 34.7 Å². The zero-order valence-corrected chi connectivity index (χ0v) is 25.1. The zero-order chi connectivity index (χ0) is 31.7. The first-order valence-corrected chi connectivity index (χ1v) is 14.3. The molecule has 4 heterocycles. The highest BCUT2D eigenvalue weighted by Gasteiger charge is 2.29. The largest absolute Gasteiger partial charge is 0.493 e. The molecular weight excluding hydrogens is 581 g/mol. The lowest BCUT2D eigenvalue weighted by Gasteiger charge is -2.17. The van der Waals surface area contributed by atoms with Gasteiger partial charge in [0.25, 0.3) is 17.3 Å². The number of hydrogen-bond donors (Lipinski definition) is 1. The number of pyridine rings is 4. The Bertz CT molecular complexity index is 1990. The number of carbonyl (C=O) groups is 1. The van der Waals surface area contributed by atoms with Gasteiger partial charge in [0.2, 0.25) is 5.88 Å². The monoisotopic (exact) mass is 611 g/mol. The third kappa shape index (κ3) is 5.86. The molecule has 1 amide bonds. The van der Waals surface area contributed by atoms with E-state index in [2.05, 4.69) is 20.3 Å². The quantitative estimate of drug-likeness (QED) is 0.203. The van der Waals surface area contributed by atoms with Crippen LogP contribution in [0.2, 0.25) is 0 Å². The van der Waals surface area contributed by atoms with Crippen molar-refractivity contribution in [2.45, 2.75) is 32.6 Å². The molecule has 1 aromatic carbocycles. The topological polar surface area (TPSA) is 127 Å². The van der Waals surface area contributed by atoms with Crippen LogP contribution in [0.3, 0.4) is 0 Å². The summed E-state index contributed by atoms with van der Waals surface area (Å²) in [6.07, 6.45) is 6.24. The second-order valence-corrected chi connectivity index (χ2v) is 10.4. The highest BCUT2D eigenvalue weighted by Crippen LogP contribution is 2.41. The number of benzene rings is 1. The van der Waals surface area contributed by atoms with Crippen LogP contribution in [-0.2, 0) is 0 Å². The molecule has 4 aromatic heterocycles. The van der Waals surface area contributed by atoms with E-state index in [1.165, 1.54) is 37.2 Å². The van der Waals surface area contributed by atoms with Crippen molar-refractivity contribution < 1.29 is 28.1 Å². The summed E-state index contributed by atoms with van der Waals surface area (Å²) >= 11 is 0. The minimum absolute atomic E-state index is 0.0481. The Morgan fingerprint density at radius 2 is 1.78 bits per heavy atom. The maximum Gasteiger partial charge on any atom is 0.268 e. The van der Waals surface area contributed by atoms with E-state index >= 15 is 4.39 Å². The number of ether oxygens (including phenoxy) is 4. The van der Waals surface area contributed by atoms with Crippen LogP contribution in [0, 0.1) is 12.7 Å². The fourth-order valence-electron chi connectivity index (χ4n) is 5.06. The second kappa shape index (κ2) is 12.2. The minimum Gasteiger partial charge on any atom is -0.493 e. The van der Waals surface area contributed by atoms with Gasteiger partial charge in [-0.2, -0.15) is 0 Å². The van der Waals surface area contributed by atoms with Gasteiger partial charge in [-0.05, 0) is 62.4 Å². The molecule has 11 nitrogen and oxygen atoms in total. The first-order chi connectivity index (χ1) is 21.8. The molecule has 0 spiro atoms. The predicted octanol–water partition coefficient (Wildman–Crippen LogP) is 5.96. The number of hydrogen-bond acceptors (Lipinski definition) is 9. The molecule has 1 N–H and O–H groups in total. The van der Waals surface area contributed by atoms with Gasteiger partial charge in [-0.15, -0.1) is 0 Å². The van der Waals surface area contributed by atoms with Crippen molar-refractivity contribution in [1.29, 1.82) is 0 Å². The van der Waals surface area contributed by atoms with Gasteiger partial charge in [0.15, 0.2) is 17.3 Å². The summed E-state index contributed by atoms with van der Waals surface area (Å²) in [5, 5.41) is 3.14. The zero-order valence-electron chi connectivity index (χ0n) is 25.1. The number of methoxy groups -OCH3 is 2. The molecule has 6 rings (SSSR count). The van der Waals surface area contributed by atoms with Crippen molar-refractivity contribution in [2.24, 2.45) is 0 Å². The van der Waals surface area contributed by atoms with E-state index in [-0.39, 0.29) is 23.0 Å². The van der Waals surface area contributed by atoms with Gasteiger partial charge in [-0.1, -0.05) is 0 Å². The molecule has 1 aliphatic rings. The lowest BCUT2D eigenvalue weighted by Crippen LogP contribution is -2.30. The van der Waals surface area contributed by atoms with Crippen LogP contribution in [0.4, 0.5) is 10.1 Å². The minimum atomic E-state index is -0.823. The molecule has 1 aliphatic carbocycles. The van der Waals surface area contributed by atoms with Crippen molar-refractivity contribution >= 4 is 22.5 Å². The molecule has 0 atom stereocenters. The summed E-state index contributed by atoms with van der Waals surface area (Å²) < 4.78 is 38.7. The molecule has 0 radical (unpaired) electrons. The molecule has 1 fully saturated rings. The van der Waals surface area contributed by atoms with Crippen LogP contribution in [-0.4, -0.2) is 46.3 Å². The number of halogens is 1. The Kier molecular flexibility index (Phi) is 8.03. The van der Waals surface area contributed by atoms with Gasteiger partial charge >= 0.3 is 0 Å². The van der Waals surface area contributed by atoms with Gasteiger partial charge in [-0.3, -0.25) is 19.1 Å². The van der Waals surface area contributed by atoms with E-state index in [1.54, 1.807) is 36.5 Å². The number of aryl methyl sites for hydroxylation is 1. The number of anilines is 1.